The van der Waals surface area contributed by atoms with Crippen molar-refractivity contribution in [1.82, 2.24) is 14.8 Å². The van der Waals surface area contributed by atoms with Gasteiger partial charge in [0.25, 0.3) is 0 Å². The van der Waals surface area contributed by atoms with Crippen molar-refractivity contribution in [2.75, 3.05) is 31.5 Å². The highest BCUT2D eigenvalue weighted by Crippen LogP contribution is 2.10. The molecular formula is C18H20N4O2. The number of hydrogen-bond donors (Lipinski definition) is 1. The molecule has 0 atom stereocenters. The lowest BCUT2D eigenvalue weighted by Gasteiger charge is -2.32. The second-order valence-corrected chi connectivity index (χ2v) is 5.71. The molecule has 1 aromatic heterocycles. The summed E-state index contributed by atoms with van der Waals surface area (Å²) in [5.74, 6) is 0.440. The Hall–Kier alpha value is -2.73. The highest BCUT2D eigenvalue weighted by molar-refractivity contribution is 5.99. The SMILES string of the molecule is O=C1CN(Cc2ccccc2)CC(=O)N1CCNc1ccccn1. The van der Waals surface area contributed by atoms with Gasteiger partial charge in [-0.05, 0) is 17.7 Å². The van der Waals surface area contributed by atoms with Crippen LogP contribution < -0.4 is 5.32 Å². The topological polar surface area (TPSA) is 65.5 Å². The Labute approximate surface area is 141 Å². The number of nitrogens with one attached hydrogen (secondary N) is 1. The molecule has 0 saturated carbocycles. The summed E-state index contributed by atoms with van der Waals surface area (Å²) >= 11 is 0. The molecule has 124 valence electrons. The predicted molar refractivity (Wildman–Crippen MR) is 91.2 cm³/mol. The molecule has 1 aliphatic rings. The van der Waals surface area contributed by atoms with Gasteiger partial charge in [0.15, 0.2) is 0 Å². The van der Waals surface area contributed by atoms with E-state index in [9.17, 15) is 9.59 Å². The van der Waals surface area contributed by atoms with Gasteiger partial charge in [-0.15, -0.1) is 0 Å². The van der Waals surface area contributed by atoms with Crippen LogP contribution in [0, 0.1) is 0 Å². The summed E-state index contributed by atoms with van der Waals surface area (Å²) in [6.07, 6.45) is 1.70. The maximum Gasteiger partial charge on any atom is 0.243 e. The number of carbonyl (C=O) groups excluding carboxylic acids is 2. The first-order chi connectivity index (χ1) is 11.7. The Morgan fingerprint density at radius 3 is 2.33 bits per heavy atom. The Kier molecular flexibility index (Phi) is 5.18. The van der Waals surface area contributed by atoms with E-state index in [2.05, 4.69) is 10.3 Å². The molecule has 1 fully saturated rings. The number of aromatic nitrogens is 1. The summed E-state index contributed by atoms with van der Waals surface area (Å²) < 4.78 is 0. The quantitative estimate of drug-likeness (QED) is 0.813. The monoisotopic (exact) mass is 324 g/mol. The fourth-order valence-corrected chi connectivity index (χ4v) is 2.71. The number of benzene rings is 1. The molecule has 24 heavy (non-hydrogen) atoms. The lowest BCUT2D eigenvalue weighted by Crippen LogP contribution is -2.54. The minimum absolute atomic E-state index is 0.148. The van der Waals surface area contributed by atoms with Crippen LogP contribution in [0.3, 0.4) is 0 Å². The van der Waals surface area contributed by atoms with Crippen LogP contribution >= 0.6 is 0 Å². The molecule has 2 aromatic rings. The second-order valence-electron chi connectivity index (χ2n) is 5.71. The van der Waals surface area contributed by atoms with Crippen molar-refractivity contribution in [1.29, 1.82) is 0 Å². The fourth-order valence-electron chi connectivity index (χ4n) is 2.71. The lowest BCUT2D eigenvalue weighted by atomic mass is 10.2. The Morgan fingerprint density at radius 2 is 1.67 bits per heavy atom. The molecule has 2 heterocycles. The van der Waals surface area contributed by atoms with Gasteiger partial charge in [0.1, 0.15) is 5.82 Å². The second kappa shape index (κ2) is 7.70. The van der Waals surface area contributed by atoms with E-state index in [1.165, 1.54) is 4.90 Å². The van der Waals surface area contributed by atoms with Crippen LogP contribution in [-0.4, -0.2) is 52.8 Å². The normalized spacial score (nSPS) is 15.6. The highest BCUT2D eigenvalue weighted by atomic mass is 16.2. The Morgan fingerprint density at radius 1 is 0.958 bits per heavy atom. The number of rotatable bonds is 6. The standard InChI is InChI=1S/C18H20N4O2/c23-17-13-21(12-15-6-2-1-3-7-15)14-18(24)22(17)11-10-20-16-8-4-5-9-19-16/h1-9H,10-14H2,(H,19,20). The smallest absolute Gasteiger partial charge is 0.243 e. The van der Waals surface area contributed by atoms with Crippen molar-refractivity contribution in [3.63, 3.8) is 0 Å². The molecule has 0 unspecified atom stereocenters. The molecule has 6 nitrogen and oxygen atoms in total. The fraction of sp³-hybridized carbons (Fsp3) is 0.278. The zero-order valence-corrected chi connectivity index (χ0v) is 13.4. The molecule has 3 rings (SSSR count). The van der Waals surface area contributed by atoms with Gasteiger partial charge < -0.3 is 5.32 Å². The summed E-state index contributed by atoms with van der Waals surface area (Å²) in [6, 6.07) is 15.4. The number of pyridine rings is 1. The number of carbonyl (C=O) groups is 2. The van der Waals surface area contributed by atoms with E-state index in [0.29, 0.717) is 19.6 Å². The molecule has 0 spiro atoms. The van der Waals surface area contributed by atoms with E-state index in [1.54, 1.807) is 6.20 Å². The number of anilines is 1. The number of amides is 2. The van der Waals surface area contributed by atoms with Gasteiger partial charge in [0.2, 0.25) is 11.8 Å². The van der Waals surface area contributed by atoms with Crippen molar-refractivity contribution in [3.05, 3.63) is 60.3 Å². The van der Waals surface area contributed by atoms with Crippen molar-refractivity contribution in [3.8, 4) is 0 Å². The number of imide groups is 1. The van der Waals surface area contributed by atoms with Gasteiger partial charge in [0.05, 0.1) is 13.1 Å². The minimum atomic E-state index is -0.148. The molecule has 1 aliphatic heterocycles. The molecule has 0 radical (unpaired) electrons. The summed E-state index contributed by atoms with van der Waals surface area (Å²) in [4.78, 5) is 31.9. The van der Waals surface area contributed by atoms with Gasteiger partial charge in [-0.3, -0.25) is 19.4 Å². The molecule has 0 aliphatic carbocycles. The van der Waals surface area contributed by atoms with Crippen molar-refractivity contribution in [2.45, 2.75) is 6.54 Å². The molecule has 6 heteroatoms. The van der Waals surface area contributed by atoms with Gasteiger partial charge in [0, 0.05) is 25.8 Å². The summed E-state index contributed by atoms with van der Waals surface area (Å²) in [7, 11) is 0. The average molecular weight is 324 g/mol. The largest absolute Gasteiger partial charge is 0.368 e. The molecule has 1 N–H and O–H groups in total. The minimum Gasteiger partial charge on any atom is -0.368 e. The Bertz CT molecular complexity index is 673. The van der Waals surface area contributed by atoms with Crippen LogP contribution in [-0.2, 0) is 16.1 Å². The predicted octanol–water partition coefficient (Wildman–Crippen LogP) is 1.36. The van der Waals surface area contributed by atoms with E-state index in [-0.39, 0.29) is 24.9 Å². The third-order valence-electron chi connectivity index (χ3n) is 3.88. The third-order valence-corrected chi connectivity index (χ3v) is 3.88. The first-order valence-corrected chi connectivity index (χ1v) is 7.97. The molecular weight excluding hydrogens is 304 g/mol. The molecule has 2 amide bonds. The van der Waals surface area contributed by atoms with Gasteiger partial charge in [-0.25, -0.2) is 4.98 Å². The van der Waals surface area contributed by atoms with Crippen LogP contribution in [0.15, 0.2) is 54.7 Å². The zero-order valence-electron chi connectivity index (χ0n) is 13.4. The van der Waals surface area contributed by atoms with Gasteiger partial charge >= 0.3 is 0 Å². The van der Waals surface area contributed by atoms with Gasteiger partial charge in [-0.1, -0.05) is 36.4 Å². The molecule has 1 aromatic carbocycles. The van der Waals surface area contributed by atoms with Gasteiger partial charge in [-0.2, -0.15) is 0 Å². The number of piperazine rings is 1. The van der Waals surface area contributed by atoms with E-state index in [4.69, 9.17) is 0 Å². The maximum atomic E-state index is 12.3. The molecule has 0 bridgehead atoms. The third kappa shape index (κ3) is 4.17. The Balaban J connectivity index is 1.50. The average Bonchev–Trinajstić information content (AvgIpc) is 2.59. The first-order valence-electron chi connectivity index (χ1n) is 7.97. The summed E-state index contributed by atoms with van der Waals surface area (Å²) in [5, 5.41) is 3.11. The maximum absolute atomic E-state index is 12.3. The van der Waals surface area contributed by atoms with Crippen LogP contribution in [0.25, 0.3) is 0 Å². The highest BCUT2D eigenvalue weighted by Gasteiger charge is 2.30. The van der Waals surface area contributed by atoms with Crippen molar-refractivity contribution in [2.24, 2.45) is 0 Å². The van der Waals surface area contributed by atoms with Crippen LogP contribution in [0.4, 0.5) is 5.82 Å². The first kappa shape index (κ1) is 16.1. The zero-order chi connectivity index (χ0) is 16.8. The van der Waals surface area contributed by atoms with E-state index in [0.717, 1.165) is 11.4 Å². The van der Waals surface area contributed by atoms with E-state index < -0.39 is 0 Å². The van der Waals surface area contributed by atoms with Crippen LogP contribution in [0.2, 0.25) is 0 Å². The van der Waals surface area contributed by atoms with Crippen LogP contribution in [0.5, 0.6) is 0 Å². The summed E-state index contributed by atoms with van der Waals surface area (Å²) in [5.41, 5.74) is 1.10. The van der Waals surface area contributed by atoms with Crippen molar-refractivity contribution < 1.29 is 9.59 Å². The number of hydrogen-bond acceptors (Lipinski definition) is 5. The van der Waals surface area contributed by atoms with E-state index >= 15 is 0 Å². The number of nitrogens with zero attached hydrogens (tertiary/aromatic N) is 3. The van der Waals surface area contributed by atoms with Crippen LogP contribution in [0.1, 0.15) is 5.56 Å². The van der Waals surface area contributed by atoms with E-state index in [1.807, 2.05) is 53.4 Å². The van der Waals surface area contributed by atoms with Crippen molar-refractivity contribution >= 4 is 17.6 Å². The lowest BCUT2D eigenvalue weighted by molar-refractivity contribution is -0.151. The summed E-state index contributed by atoms with van der Waals surface area (Å²) in [6.45, 7) is 1.99. The molecule has 1 saturated heterocycles.